The van der Waals surface area contributed by atoms with Crippen molar-refractivity contribution in [3.8, 4) is 5.75 Å². The Morgan fingerprint density at radius 2 is 1.64 bits per heavy atom. The second-order valence-electron chi connectivity index (χ2n) is 7.73. The standard InChI is InChI=1S/C25H26N2O4S2/c1-31-23-15-14-20(18-21(23)25(28)27-16-8-3-9-17-27)33(29,30)26-22-12-6-7-13-24(22)32-19-10-4-2-5-11-19/h2,4-7,10-15,18,26H,3,8-9,16-17H2,1H3. The largest absolute Gasteiger partial charge is 0.496 e. The van der Waals surface area contributed by atoms with Crippen LogP contribution in [-0.4, -0.2) is 39.4 Å². The maximum Gasteiger partial charge on any atom is 0.261 e. The van der Waals surface area contributed by atoms with Gasteiger partial charge in [-0.3, -0.25) is 9.52 Å². The zero-order valence-electron chi connectivity index (χ0n) is 18.4. The van der Waals surface area contributed by atoms with Crippen molar-refractivity contribution in [1.82, 2.24) is 4.90 Å². The molecular formula is C25H26N2O4S2. The van der Waals surface area contributed by atoms with Crippen molar-refractivity contribution in [2.45, 2.75) is 33.9 Å². The van der Waals surface area contributed by atoms with Crippen LogP contribution >= 0.6 is 11.8 Å². The number of para-hydroxylation sites is 1. The van der Waals surface area contributed by atoms with Crippen molar-refractivity contribution in [1.29, 1.82) is 0 Å². The summed E-state index contributed by atoms with van der Waals surface area (Å²) in [5, 5.41) is 0. The lowest BCUT2D eigenvalue weighted by molar-refractivity contribution is 0.0720. The molecule has 4 rings (SSSR count). The third kappa shape index (κ3) is 5.51. The van der Waals surface area contributed by atoms with E-state index in [1.54, 1.807) is 17.0 Å². The molecule has 0 saturated carbocycles. The van der Waals surface area contributed by atoms with Crippen molar-refractivity contribution in [3.63, 3.8) is 0 Å². The van der Waals surface area contributed by atoms with Gasteiger partial charge in [0, 0.05) is 22.9 Å². The average molecular weight is 483 g/mol. The van der Waals surface area contributed by atoms with Crippen LogP contribution in [0.2, 0.25) is 0 Å². The summed E-state index contributed by atoms with van der Waals surface area (Å²) in [6.45, 7) is 1.34. The molecule has 1 heterocycles. The van der Waals surface area contributed by atoms with E-state index in [-0.39, 0.29) is 16.4 Å². The van der Waals surface area contributed by atoms with E-state index in [0.717, 1.165) is 29.1 Å². The molecule has 3 aromatic rings. The van der Waals surface area contributed by atoms with E-state index in [2.05, 4.69) is 4.72 Å². The first-order valence-corrected chi connectivity index (χ1v) is 13.1. The van der Waals surface area contributed by atoms with E-state index in [1.807, 2.05) is 42.5 Å². The van der Waals surface area contributed by atoms with Gasteiger partial charge in [0.25, 0.3) is 15.9 Å². The van der Waals surface area contributed by atoms with E-state index < -0.39 is 10.0 Å². The minimum absolute atomic E-state index is 0.0168. The quantitative estimate of drug-likeness (QED) is 0.496. The molecule has 0 bridgehead atoms. The lowest BCUT2D eigenvalue weighted by atomic mass is 10.1. The summed E-state index contributed by atoms with van der Waals surface area (Å²) >= 11 is 1.48. The van der Waals surface area contributed by atoms with Crippen molar-refractivity contribution in [3.05, 3.63) is 78.4 Å². The molecule has 0 aromatic heterocycles. The van der Waals surface area contributed by atoms with Gasteiger partial charge in [-0.2, -0.15) is 0 Å². The fourth-order valence-electron chi connectivity index (χ4n) is 3.75. The van der Waals surface area contributed by atoms with Gasteiger partial charge in [-0.25, -0.2) is 8.42 Å². The Morgan fingerprint density at radius 3 is 2.36 bits per heavy atom. The van der Waals surface area contributed by atoms with Crippen LogP contribution < -0.4 is 9.46 Å². The Morgan fingerprint density at radius 1 is 0.939 bits per heavy atom. The van der Waals surface area contributed by atoms with Gasteiger partial charge in [0.1, 0.15) is 5.75 Å². The number of sulfonamides is 1. The second kappa shape index (κ2) is 10.3. The predicted molar refractivity (Wildman–Crippen MR) is 131 cm³/mol. The number of rotatable bonds is 7. The number of hydrogen-bond donors (Lipinski definition) is 1. The van der Waals surface area contributed by atoms with Crippen molar-refractivity contribution in [2.24, 2.45) is 0 Å². The molecule has 1 fully saturated rings. The number of carbonyl (C=O) groups is 1. The molecule has 1 saturated heterocycles. The Balaban J connectivity index is 1.62. The molecule has 0 atom stereocenters. The fraction of sp³-hybridized carbons (Fsp3) is 0.240. The SMILES string of the molecule is COc1ccc(S(=O)(=O)Nc2ccccc2Sc2ccccc2)cc1C(=O)N1CCCCC1. The number of benzene rings is 3. The Bertz CT molecular complexity index is 1220. The van der Waals surface area contributed by atoms with Gasteiger partial charge >= 0.3 is 0 Å². The van der Waals surface area contributed by atoms with Crippen molar-refractivity contribution < 1.29 is 17.9 Å². The number of amides is 1. The van der Waals surface area contributed by atoms with Crippen LogP contribution in [0.3, 0.4) is 0 Å². The molecule has 0 spiro atoms. The summed E-state index contributed by atoms with van der Waals surface area (Å²) in [6, 6.07) is 21.4. The summed E-state index contributed by atoms with van der Waals surface area (Å²) in [4.78, 5) is 16.7. The number of piperidine rings is 1. The van der Waals surface area contributed by atoms with Crippen LogP contribution in [0.5, 0.6) is 5.75 Å². The van der Waals surface area contributed by atoms with Crippen LogP contribution in [0.1, 0.15) is 29.6 Å². The number of anilines is 1. The molecule has 0 radical (unpaired) electrons. The van der Waals surface area contributed by atoms with Gasteiger partial charge in [0.2, 0.25) is 0 Å². The van der Waals surface area contributed by atoms with Gasteiger partial charge in [0.15, 0.2) is 0 Å². The number of likely N-dealkylation sites (tertiary alicyclic amines) is 1. The summed E-state index contributed by atoms with van der Waals surface area (Å²) in [6.07, 6.45) is 2.99. The van der Waals surface area contributed by atoms with Crippen LogP contribution in [-0.2, 0) is 10.0 Å². The number of methoxy groups -OCH3 is 1. The second-order valence-corrected chi connectivity index (χ2v) is 10.5. The highest BCUT2D eigenvalue weighted by molar-refractivity contribution is 7.99. The Hall–Kier alpha value is -2.97. The third-order valence-corrected chi connectivity index (χ3v) is 7.90. The van der Waals surface area contributed by atoms with Gasteiger partial charge in [0.05, 0.1) is 23.3 Å². The number of nitrogens with zero attached hydrogens (tertiary/aromatic N) is 1. The maximum atomic E-state index is 13.3. The smallest absolute Gasteiger partial charge is 0.261 e. The number of ether oxygens (including phenoxy) is 1. The fourth-order valence-corrected chi connectivity index (χ4v) is 5.84. The Labute approximate surface area is 199 Å². The minimum atomic E-state index is -3.93. The van der Waals surface area contributed by atoms with Crippen LogP contribution in [0.25, 0.3) is 0 Å². The van der Waals surface area contributed by atoms with Gasteiger partial charge in [-0.1, -0.05) is 42.1 Å². The summed E-state index contributed by atoms with van der Waals surface area (Å²) in [5.74, 6) is 0.160. The van der Waals surface area contributed by atoms with E-state index in [0.29, 0.717) is 24.5 Å². The number of nitrogens with one attached hydrogen (secondary N) is 1. The highest BCUT2D eigenvalue weighted by atomic mass is 32.2. The number of carbonyl (C=O) groups excluding carboxylic acids is 1. The highest BCUT2D eigenvalue weighted by Gasteiger charge is 2.25. The molecule has 0 unspecified atom stereocenters. The van der Waals surface area contributed by atoms with Crippen LogP contribution in [0, 0.1) is 0 Å². The number of hydrogen-bond acceptors (Lipinski definition) is 5. The van der Waals surface area contributed by atoms with Gasteiger partial charge < -0.3 is 9.64 Å². The molecule has 1 N–H and O–H groups in total. The lowest BCUT2D eigenvalue weighted by Crippen LogP contribution is -2.35. The summed E-state index contributed by atoms with van der Waals surface area (Å²) < 4.78 is 34.6. The topological polar surface area (TPSA) is 75.7 Å². The first kappa shape index (κ1) is 23.2. The van der Waals surface area contributed by atoms with Crippen molar-refractivity contribution >= 4 is 33.4 Å². The zero-order valence-corrected chi connectivity index (χ0v) is 20.0. The monoisotopic (exact) mass is 482 g/mol. The van der Waals surface area contributed by atoms with E-state index in [1.165, 1.54) is 37.1 Å². The molecule has 1 amide bonds. The minimum Gasteiger partial charge on any atom is -0.496 e. The van der Waals surface area contributed by atoms with Crippen LogP contribution in [0.15, 0.2) is 87.5 Å². The van der Waals surface area contributed by atoms with Gasteiger partial charge in [-0.15, -0.1) is 0 Å². The maximum absolute atomic E-state index is 13.3. The zero-order chi connectivity index (χ0) is 23.3. The van der Waals surface area contributed by atoms with Crippen molar-refractivity contribution in [2.75, 3.05) is 24.9 Å². The third-order valence-electron chi connectivity index (χ3n) is 5.46. The molecule has 0 aliphatic carbocycles. The van der Waals surface area contributed by atoms with Gasteiger partial charge in [-0.05, 0) is 61.7 Å². The Kier molecular flexibility index (Phi) is 7.25. The first-order valence-electron chi connectivity index (χ1n) is 10.8. The molecule has 33 heavy (non-hydrogen) atoms. The highest BCUT2D eigenvalue weighted by Crippen LogP contribution is 2.34. The predicted octanol–water partition coefficient (Wildman–Crippen LogP) is 5.27. The van der Waals surface area contributed by atoms with E-state index >= 15 is 0 Å². The molecule has 6 nitrogen and oxygen atoms in total. The molecular weight excluding hydrogens is 456 g/mol. The molecule has 1 aliphatic rings. The van der Waals surface area contributed by atoms with E-state index in [9.17, 15) is 13.2 Å². The first-order chi connectivity index (χ1) is 16.0. The molecule has 1 aliphatic heterocycles. The molecule has 3 aromatic carbocycles. The average Bonchev–Trinajstić information content (AvgIpc) is 2.85. The summed E-state index contributed by atoms with van der Waals surface area (Å²) in [5.41, 5.74) is 0.736. The van der Waals surface area contributed by atoms with E-state index in [4.69, 9.17) is 4.74 Å². The summed E-state index contributed by atoms with van der Waals surface area (Å²) in [7, 11) is -2.45. The molecule has 8 heteroatoms. The molecule has 172 valence electrons. The lowest BCUT2D eigenvalue weighted by Gasteiger charge is -2.27. The van der Waals surface area contributed by atoms with Crippen LogP contribution in [0.4, 0.5) is 5.69 Å². The normalized spacial score (nSPS) is 14.0.